The summed E-state index contributed by atoms with van der Waals surface area (Å²) >= 11 is 0. The van der Waals surface area contributed by atoms with E-state index in [2.05, 4.69) is 11.9 Å². The highest BCUT2D eigenvalue weighted by Crippen LogP contribution is 2.34. The second-order valence-corrected chi connectivity index (χ2v) is 5.53. The van der Waals surface area contributed by atoms with Crippen molar-refractivity contribution in [3.05, 3.63) is 23.9 Å². The standard InChI is InChI=1S/C15H24N2O2/c1-12-6-8-15(11-16,9-7-12)19-10-13-4-3-5-14(17-13)18-2/h3-5,12H,6-11,16H2,1-2H3. The molecule has 1 aromatic heterocycles. The van der Waals surface area contributed by atoms with Crippen LogP contribution < -0.4 is 10.5 Å². The Labute approximate surface area is 115 Å². The molecule has 0 bridgehead atoms. The number of nitrogens with two attached hydrogens (primary N) is 1. The first-order valence-electron chi connectivity index (χ1n) is 7.01. The fraction of sp³-hybridized carbons (Fsp3) is 0.667. The molecular formula is C15H24N2O2. The number of pyridine rings is 1. The van der Waals surface area contributed by atoms with Gasteiger partial charge >= 0.3 is 0 Å². The molecule has 1 aromatic rings. The van der Waals surface area contributed by atoms with E-state index in [4.69, 9.17) is 15.2 Å². The number of hydrogen-bond donors (Lipinski definition) is 1. The van der Waals surface area contributed by atoms with Crippen LogP contribution in [0.25, 0.3) is 0 Å². The van der Waals surface area contributed by atoms with Gasteiger partial charge in [-0.2, -0.15) is 0 Å². The Bertz CT molecular complexity index is 401. The van der Waals surface area contributed by atoms with Crippen LogP contribution in [0.15, 0.2) is 18.2 Å². The molecule has 0 aliphatic heterocycles. The van der Waals surface area contributed by atoms with Gasteiger partial charge in [-0.25, -0.2) is 4.98 Å². The largest absolute Gasteiger partial charge is 0.481 e. The van der Waals surface area contributed by atoms with Gasteiger partial charge in [0.1, 0.15) is 0 Å². The van der Waals surface area contributed by atoms with Crippen molar-refractivity contribution in [3.63, 3.8) is 0 Å². The summed E-state index contributed by atoms with van der Waals surface area (Å²) in [6.07, 6.45) is 4.49. The third-order valence-electron chi connectivity index (χ3n) is 4.07. The lowest BCUT2D eigenvalue weighted by atomic mass is 9.79. The van der Waals surface area contributed by atoms with Crippen molar-refractivity contribution in [1.82, 2.24) is 4.98 Å². The molecule has 1 aliphatic carbocycles. The van der Waals surface area contributed by atoms with Crippen LogP contribution in [0.4, 0.5) is 0 Å². The maximum absolute atomic E-state index is 6.11. The van der Waals surface area contributed by atoms with Crippen molar-refractivity contribution in [2.24, 2.45) is 11.7 Å². The van der Waals surface area contributed by atoms with E-state index in [1.54, 1.807) is 7.11 Å². The molecule has 106 valence electrons. The van der Waals surface area contributed by atoms with Gasteiger partial charge in [-0.15, -0.1) is 0 Å². The van der Waals surface area contributed by atoms with Gasteiger partial charge < -0.3 is 15.2 Å². The van der Waals surface area contributed by atoms with Gasteiger partial charge in [0.15, 0.2) is 0 Å². The maximum Gasteiger partial charge on any atom is 0.213 e. The van der Waals surface area contributed by atoms with Crippen molar-refractivity contribution < 1.29 is 9.47 Å². The second-order valence-electron chi connectivity index (χ2n) is 5.53. The van der Waals surface area contributed by atoms with E-state index in [-0.39, 0.29) is 5.60 Å². The highest BCUT2D eigenvalue weighted by molar-refractivity contribution is 5.15. The Morgan fingerprint density at radius 1 is 1.37 bits per heavy atom. The van der Waals surface area contributed by atoms with Gasteiger partial charge in [0.05, 0.1) is 25.0 Å². The van der Waals surface area contributed by atoms with Gasteiger partial charge in [-0.05, 0) is 37.7 Å². The quantitative estimate of drug-likeness (QED) is 0.887. The van der Waals surface area contributed by atoms with Crippen LogP contribution >= 0.6 is 0 Å². The molecule has 2 rings (SSSR count). The highest BCUT2D eigenvalue weighted by atomic mass is 16.5. The molecule has 0 atom stereocenters. The molecule has 4 heteroatoms. The minimum Gasteiger partial charge on any atom is -0.481 e. The van der Waals surface area contributed by atoms with E-state index >= 15 is 0 Å². The van der Waals surface area contributed by atoms with Crippen molar-refractivity contribution in [3.8, 4) is 5.88 Å². The first kappa shape index (κ1) is 14.3. The molecule has 0 spiro atoms. The zero-order valence-electron chi connectivity index (χ0n) is 11.9. The predicted octanol–water partition coefficient (Wildman–Crippen LogP) is 2.51. The average molecular weight is 264 g/mol. The number of nitrogens with zero attached hydrogens (tertiary/aromatic N) is 1. The molecule has 1 heterocycles. The number of ether oxygens (including phenoxy) is 2. The number of methoxy groups -OCH3 is 1. The molecule has 0 amide bonds. The van der Waals surface area contributed by atoms with Gasteiger partial charge in [0.25, 0.3) is 0 Å². The topological polar surface area (TPSA) is 57.4 Å². The molecule has 0 saturated heterocycles. The monoisotopic (exact) mass is 264 g/mol. The van der Waals surface area contributed by atoms with Crippen LogP contribution in [-0.2, 0) is 11.3 Å². The molecule has 4 nitrogen and oxygen atoms in total. The first-order valence-corrected chi connectivity index (χ1v) is 7.01. The maximum atomic E-state index is 6.11. The lowest BCUT2D eigenvalue weighted by Gasteiger charge is -2.38. The number of rotatable bonds is 5. The summed E-state index contributed by atoms with van der Waals surface area (Å²) in [5.41, 5.74) is 6.67. The SMILES string of the molecule is COc1cccc(COC2(CN)CCC(C)CC2)n1. The molecule has 1 saturated carbocycles. The minimum absolute atomic E-state index is 0.155. The van der Waals surface area contributed by atoms with Crippen LogP contribution in [-0.4, -0.2) is 24.2 Å². The fourth-order valence-corrected chi connectivity index (χ4v) is 2.57. The Hall–Kier alpha value is -1.13. The van der Waals surface area contributed by atoms with E-state index in [0.717, 1.165) is 24.5 Å². The molecule has 0 aromatic carbocycles. The fourth-order valence-electron chi connectivity index (χ4n) is 2.57. The summed E-state index contributed by atoms with van der Waals surface area (Å²) in [7, 11) is 1.62. The highest BCUT2D eigenvalue weighted by Gasteiger charge is 2.33. The van der Waals surface area contributed by atoms with Crippen molar-refractivity contribution in [2.75, 3.05) is 13.7 Å². The Morgan fingerprint density at radius 2 is 2.11 bits per heavy atom. The van der Waals surface area contributed by atoms with Crippen LogP contribution in [0, 0.1) is 5.92 Å². The summed E-state index contributed by atoms with van der Waals surface area (Å²) in [5.74, 6) is 1.42. The van der Waals surface area contributed by atoms with Crippen molar-refractivity contribution >= 4 is 0 Å². The van der Waals surface area contributed by atoms with Crippen LogP contribution in [0.3, 0.4) is 0 Å². The molecule has 2 N–H and O–H groups in total. The van der Waals surface area contributed by atoms with E-state index in [9.17, 15) is 0 Å². The third kappa shape index (κ3) is 3.67. The number of hydrogen-bond acceptors (Lipinski definition) is 4. The summed E-state index contributed by atoms with van der Waals surface area (Å²) < 4.78 is 11.2. The minimum atomic E-state index is -0.155. The summed E-state index contributed by atoms with van der Waals surface area (Å²) in [6, 6.07) is 5.73. The van der Waals surface area contributed by atoms with Gasteiger partial charge in [-0.3, -0.25) is 0 Å². The Kier molecular flexibility index (Phi) is 4.77. The average Bonchev–Trinajstić information content (AvgIpc) is 2.47. The zero-order valence-corrected chi connectivity index (χ0v) is 11.9. The summed E-state index contributed by atoms with van der Waals surface area (Å²) in [5, 5.41) is 0. The molecule has 1 aliphatic rings. The zero-order chi connectivity index (χ0) is 13.7. The molecule has 0 unspecified atom stereocenters. The lowest BCUT2D eigenvalue weighted by molar-refractivity contribution is -0.0810. The van der Waals surface area contributed by atoms with E-state index < -0.39 is 0 Å². The predicted molar refractivity (Wildman–Crippen MR) is 75.0 cm³/mol. The van der Waals surface area contributed by atoms with Gasteiger partial charge in [0, 0.05) is 12.6 Å². The normalized spacial score (nSPS) is 27.2. The van der Waals surface area contributed by atoms with Crippen molar-refractivity contribution in [1.29, 1.82) is 0 Å². The van der Waals surface area contributed by atoms with Crippen LogP contribution in [0.2, 0.25) is 0 Å². The Morgan fingerprint density at radius 3 is 2.74 bits per heavy atom. The van der Waals surface area contributed by atoms with E-state index in [1.807, 2.05) is 18.2 Å². The third-order valence-corrected chi connectivity index (χ3v) is 4.07. The van der Waals surface area contributed by atoms with Gasteiger partial charge in [-0.1, -0.05) is 13.0 Å². The first-order chi connectivity index (χ1) is 9.17. The Balaban J connectivity index is 1.95. The summed E-state index contributed by atoms with van der Waals surface area (Å²) in [4.78, 5) is 4.37. The summed E-state index contributed by atoms with van der Waals surface area (Å²) in [6.45, 7) is 3.39. The smallest absolute Gasteiger partial charge is 0.213 e. The molecule has 19 heavy (non-hydrogen) atoms. The van der Waals surface area contributed by atoms with E-state index in [0.29, 0.717) is 19.0 Å². The molecular weight excluding hydrogens is 240 g/mol. The second kappa shape index (κ2) is 6.35. The van der Waals surface area contributed by atoms with Crippen LogP contribution in [0.1, 0.15) is 38.3 Å². The number of aromatic nitrogens is 1. The molecule has 0 radical (unpaired) electrons. The lowest BCUT2D eigenvalue weighted by Crippen LogP contribution is -2.43. The van der Waals surface area contributed by atoms with Crippen LogP contribution in [0.5, 0.6) is 5.88 Å². The van der Waals surface area contributed by atoms with Crippen molar-refractivity contribution in [2.45, 2.75) is 44.8 Å². The van der Waals surface area contributed by atoms with E-state index in [1.165, 1.54) is 12.8 Å². The molecule has 1 fully saturated rings. The van der Waals surface area contributed by atoms with Gasteiger partial charge in [0.2, 0.25) is 5.88 Å².